The average molecular weight is 274 g/mol. The van der Waals surface area contributed by atoms with Crippen molar-refractivity contribution in [3.05, 3.63) is 11.6 Å². The van der Waals surface area contributed by atoms with Crippen LogP contribution in [0.1, 0.15) is 58.3 Å². The minimum absolute atomic E-state index is 0.00430. The Kier molecular flexibility index (Phi) is 2.89. The van der Waals surface area contributed by atoms with Crippen LogP contribution in [0.15, 0.2) is 11.6 Å². The van der Waals surface area contributed by atoms with Crippen molar-refractivity contribution in [2.24, 2.45) is 29.1 Å². The molecule has 0 heterocycles. The Bertz CT molecular complexity index is 466. The zero-order valence-corrected chi connectivity index (χ0v) is 12.5. The quantitative estimate of drug-likeness (QED) is 0.687. The number of fused-ring (bicyclic) bond motifs is 5. The van der Waals surface area contributed by atoms with Gasteiger partial charge in [-0.3, -0.25) is 4.79 Å². The Balaban J connectivity index is 1.64. The molecule has 0 spiro atoms. The molecule has 0 aromatic heterocycles. The minimum Gasteiger partial charge on any atom is -0.393 e. The molecule has 0 radical (unpaired) electrons. The Morgan fingerprint density at radius 1 is 1.20 bits per heavy atom. The molecular formula is C18H26O2. The molecule has 0 bridgehead atoms. The first-order valence-corrected chi connectivity index (χ1v) is 8.50. The summed E-state index contributed by atoms with van der Waals surface area (Å²) in [5.74, 6) is 3.28. The SMILES string of the molecule is C[C@]12CC[C@H]3[C@@H](CCC4=CC[C@@H](O)C[C@@H]43)[C@@H]1CCC2=O. The number of rotatable bonds is 0. The fraction of sp³-hybridized carbons (Fsp3) is 0.833. The first kappa shape index (κ1) is 13.1. The summed E-state index contributed by atoms with van der Waals surface area (Å²) >= 11 is 0. The summed E-state index contributed by atoms with van der Waals surface area (Å²) in [5.41, 5.74) is 1.62. The highest BCUT2D eigenvalue weighted by atomic mass is 16.3. The molecule has 4 rings (SSSR count). The number of Topliss-reactive ketones (excluding diaryl/α,β-unsaturated/α-hetero) is 1. The summed E-state index contributed by atoms with van der Waals surface area (Å²) in [4.78, 5) is 12.3. The molecule has 0 saturated heterocycles. The van der Waals surface area contributed by atoms with Crippen LogP contribution < -0.4 is 0 Å². The van der Waals surface area contributed by atoms with Gasteiger partial charge in [0, 0.05) is 11.8 Å². The molecule has 0 aromatic rings. The number of allylic oxidation sites excluding steroid dienone is 1. The van der Waals surface area contributed by atoms with E-state index in [1.54, 1.807) is 5.57 Å². The van der Waals surface area contributed by atoms with Crippen molar-refractivity contribution in [1.82, 2.24) is 0 Å². The second kappa shape index (κ2) is 4.43. The van der Waals surface area contributed by atoms with Gasteiger partial charge in [-0.2, -0.15) is 0 Å². The van der Waals surface area contributed by atoms with Gasteiger partial charge >= 0.3 is 0 Å². The van der Waals surface area contributed by atoms with E-state index in [1.165, 1.54) is 19.3 Å². The molecule has 2 heteroatoms. The number of hydrogen-bond donors (Lipinski definition) is 1. The molecule has 0 aromatic carbocycles. The van der Waals surface area contributed by atoms with E-state index in [0.717, 1.165) is 43.9 Å². The van der Waals surface area contributed by atoms with Gasteiger partial charge in [-0.15, -0.1) is 0 Å². The molecule has 3 saturated carbocycles. The van der Waals surface area contributed by atoms with Gasteiger partial charge in [-0.25, -0.2) is 0 Å². The molecule has 4 aliphatic rings. The lowest BCUT2D eigenvalue weighted by molar-refractivity contribution is -0.131. The number of hydrogen-bond acceptors (Lipinski definition) is 2. The van der Waals surface area contributed by atoms with E-state index < -0.39 is 0 Å². The van der Waals surface area contributed by atoms with Crippen molar-refractivity contribution >= 4 is 5.78 Å². The second-order valence-electron chi connectivity index (χ2n) is 7.90. The molecular weight excluding hydrogens is 248 g/mol. The van der Waals surface area contributed by atoms with Crippen molar-refractivity contribution in [3.8, 4) is 0 Å². The topological polar surface area (TPSA) is 37.3 Å². The summed E-state index contributed by atoms with van der Waals surface area (Å²) in [6.07, 6.45) is 10.8. The minimum atomic E-state index is -0.124. The van der Waals surface area contributed by atoms with Gasteiger partial charge in [0.25, 0.3) is 0 Å². The molecule has 3 fully saturated rings. The van der Waals surface area contributed by atoms with Crippen LogP contribution >= 0.6 is 0 Å². The number of carbonyl (C=O) groups is 1. The fourth-order valence-corrected chi connectivity index (χ4v) is 6.05. The highest BCUT2D eigenvalue weighted by molar-refractivity contribution is 5.87. The number of ketones is 1. The van der Waals surface area contributed by atoms with Crippen LogP contribution in [0.2, 0.25) is 0 Å². The van der Waals surface area contributed by atoms with Gasteiger partial charge in [0.05, 0.1) is 6.10 Å². The summed E-state index contributed by atoms with van der Waals surface area (Å²) in [7, 11) is 0. The van der Waals surface area contributed by atoms with Crippen LogP contribution in [0.25, 0.3) is 0 Å². The third-order valence-corrected chi connectivity index (χ3v) is 7.14. The number of carbonyl (C=O) groups excluding carboxylic acids is 1. The van der Waals surface area contributed by atoms with Gasteiger partial charge < -0.3 is 5.11 Å². The van der Waals surface area contributed by atoms with E-state index in [4.69, 9.17) is 0 Å². The van der Waals surface area contributed by atoms with E-state index in [2.05, 4.69) is 13.0 Å². The highest BCUT2D eigenvalue weighted by Gasteiger charge is 2.56. The molecule has 4 aliphatic carbocycles. The summed E-state index contributed by atoms with van der Waals surface area (Å²) < 4.78 is 0. The van der Waals surface area contributed by atoms with Gasteiger partial charge in [0.2, 0.25) is 0 Å². The van der Waals surface area contributed by atoms with Gasteiger partial charge in [0.15, 0.2) is 0 Å². The van der Waals surface area contributed by atoms with Crippen LogP contribution in [0, 0.1) is 29.1 Å². The zero-order chi connectivity index (χ0) is 13.9. The maximum atomic E-state index is 12.3. The molecule has 0 unspecified atom stereocenters. The summed E-state index contributed by atoms with van der Waals surface area (Å²) in [5, 5.41) is 10.0. The Hall–Kier alpha value is -0.630. The maximum absolute atomic E-state index is 12.3. The first-order chi connectivity index (χ1) is 9.59. The standard InChI is InChI=1S/C18H26O2/c1-18-9-8-13-14(16(18)6-7-17(18)20)5-3-11-2-4-12(19)10-15(11)13/h2,12-16,19H,3-10H2,1H3/t12-,13+,14-,15+,16+,18+/m1/s1. The second-order valence-corrected chi connectivity index (χ2v) is 7.90. The third-order valence-electron chi connectivity index (χ3n) is 7.14. The van der Waals surface area contributed by atoms with Gasteiger partial charge in [-0.1, -0.05) is 18.6 Å². The molecule has 110 valence electrons. The zero-order valence-electron chi connectivity index (χ0n) is 12.5. The van der Waals surface area contributed by atoms with Crippen LogP contribution in [-0.4, -0.2) is 17.0 Å². The number of aliphatic hydroxyl groups excluding tert-OH is 1. The fourth-order valence-electron chi connectivity index (χ4n) is 6.05. The van der Waals surface area contributed by atoms with E-state index in [1.807, 2.05) is 0 Å². The van der Waals surface area contributed by atoms with Gasteiger partial charge in [0.1, 0.15) is 5.78 Å². The molecule has 1 N–H and O–H groups in total. The molecule has 6 atom stereocenters. The van der Waals surface area contributed by atoms with Crippen LogP contribution in [0.4, 0.5) is 0 Å². The Morgan fingerprint density at radius 2 is 2.05 bits per heavy atom. The van der Waals surface area contributed by atoms with Crippen LogP contribution in [0.5, 0.6) is 0 Å². The highest BCUT2D eigenvalue weighted by Crippen LogP contribution is 2.60. The smallest absolute Gasteiger partial charge is 0.139 e. The van der Waals surface area contributed by atoms with Crippen molar-refractivity contribution in [3.63, 3.8) is 0 Å². The van der Waals surface area contributed by atoms with Gasteiger partial charge in [-0.05, 0) is 68.6 Å². The maximum Gasteiger partial charge on any atom is 0.139 e. The van der Waals surface area contributed by atoms with Crippen molar-refractivity contribution in [1.29, 1.82) is 0 Å². The summed E-state index contributed by atoms with van der Waals surface area (Å²) in [6.45, 7) is 2.24. The Morgan fingerprint density at radius 3 is 2.90 bits per heavy atom. The summed E-state index contributed by atoms with van der Waals surface area (Å²) in [6, 6.07) is 0. The molecule has 0 amide bonds. The van der Waals surface area contributed by atoms with Crippen LogP contribution in [0.3, 0.4) is 0 Å². The third kappa shape index (κ3) is 1.70. The lowest BCUT2D eigenvalue weighted by atomic mass is 9.52. The first-order valence-electron chi connectivity index (χ1n) is 8.50. The van der Waals surface area contributed by atoms with E-state index >= 15 is 0 Å². The van der Waals surface area contributed by atoms with E-state index in [0.29, 0.717) is 17.6 Å². The number of aliphatic hydroxyl groups is 1. The Labute approximate surface area is 121 Å². The predicted octanol–water partition coefficient (Wildman–Crippen LogP) is 3.49. The molecule has 20 heavy (non-hydrogen) atoms. The van der Waals surface area contributed by atoms with Crippen molar-refractivity contribution < 1.29 is 9.90 Å². The molecule has 0 aliphatic heterocycles. The lowest BCUT2D eigenvalue weighted by Gasteiger charge is -2.52. The van der Waals surface area contributed by atoms with E-state index in [-0.39, 0.29) is 11.5 Å². The average Bonchev–Trinajstić information content (AvgIpc) is 2.74. The van der Waals surface area contributed by atoms with E-state index in [9.17, 15) is 9.90 Å². The lowest BCUT2D eigenvalue weighted by Crippen LogP contribution is -2.47. The largest absolute Gasteiger partial charge is 0.393 e. The predicted molar refractivity (Wildman–Crippen MR) is 78.1 cm³/mol. The molecule has 2 nitrogen and oxygen atoms in total. The van der Waals surface area contributed by atoms with Crippen molar-refractivity contribution in [2.75, 3.05) is 0 Å². The van der Waals surface area contributed by atoms with Crippen LogP contribution in [-0.2, 0) is 4.79 Å². The van der Waals surface area contributed by atoms with Crippen molar-refractivity contribution in [2.45, 2.75) is 64.4 Å². The normalized spacial score (nSPS) is 51.0. The monoisotopic (exact) mass is 274 g/mol.